The molecule has 1 aromatic carbocycles. The zero-order chi connectivity index (χ0) is 11.9. The number of rotatable bonds is 1. The minimum absolute atomic E-state index is 0.234. The van der Waals surface area contributed by atoms with E-state index >= 15 is 0 Å². The molecular weight excluding hydrogens is 204 g/mol. The number of hydrogen-bond donors (Lipinski definition) is 1. The highest BCUT2D eigenvalue weighted by Gasteiger charge is 2.18. The molecule has 0 radical (unpaired) electrons. The van der Waals surface area contributed by atoms with Gasteiger partial charge in [0.1, 0.15) is 11.8 Å². The number of aromatic carboxylic acids is 1. The van der Waals surface area contributed by atoms with E-state index in [1.807, 2.05) is 6.07 Å². The van der Waals surface area contributed by atoms with Gasteiger partial charge in [0.2, 0.25) is 0 Å². The minimum Gasteiger partial charge on any atom is -0.477 e. The van der Waals surface area contributed by atoms with Crippen LogP contribution < -0.4 is 0 Å². The molecule has 0 spiro atoms. The van der Waals surface area contributed by atoms with Crippen LogP contribution in [-0.2, 0) is 7.05 Å². The number of fused-ring (bicyclic) bond motifs is 1. The maximum atomic E-state index is 11.1. The van der Waals surface area contributed by atoms with Crippen molar-refractivity contribution in [3.63, 3.8) is 0 Å². The highest BCUT2D eigenvalue weighted by atomic mass is 16.4. The topological polar surface area (TPSA) is 66.0 Å². The highest BCUT2D eigenvalue weighted by molar-refractivity contribution is 5.99. The SMILES string of the molecule is Cc1c(C(=O)O)n(C)c2c(C#N)cccc12. The maximum absolute atomic E-state index is 11.1. The third-order valence-corrected chi connectivity index (χ3v) is 2.79. The van der Waals surface area contributed by atoms with E-state index in [1.165, 1.54) is 0 Å². The Morgan fingerprint density at radius 3 is 2.75 bits per heavy atom. The standard InChI is InChI=1S/C12H10N2O2/c1-7-9-5-3-4-8(6-13)11(9)14(2)10(7)12(15)16/h3-5H,1-2H3,(H,15,16). The number of aromatic nitrogens is 1. The summed E-state index contributed by atoms with van der Waals surface area (Å²) in [6.07, 6.45) is 0. The van der Waals surface area contributed by atoms with E-state index in [2.05, 4.69) is 6.07 Å². The van der Waals surface area contributed by atoms with Crippen LogP contribution in [0, 0.1) is 18.3 Å². The molecule has 0 saturated heterocycles. The minimum atomic E-state index is -0.972. The quantitative estimate of drug-likeness (QED) is 0.790. The molecule has 0 aliphatic heterocycles. The van der Waals surface area contributed by atoms with Gasteiger partial charge in [-0.2, -0.15) is 5.26 Å². The van der Waals surface area contributed by atoms with Gasteiger partial charge in [-0.25, -0.2) is 4.79 Å². The van der Waals surface area contributed by atoms with Crippen LogP contribution in [0.3, 0.4) is 0 Å². The average Bonchev–Trinajstić information content (AvgIpc) is 2.51. The van der Waals surface area contributed by atoms with E-state index in [0.29, 0.717) is 16.6 Å². The van der Waals surface area contributed by atoms with Crippen LogP contribution in [0.25, 0.3) is 10.9 Å². The molecule has 0 bridgehead atoms. The summed E-state index contributed by atoms with van der Waals surface area (Å²) in [6.45, 7) is 1.76. The van der Waals surface area contributed by atoms with Crippen LogP contribution in [0.15, 0.2) is 18.2 Å². The summed E-state index contributed by atoms with van der Waals surface area (Å²) in [7, 11) is 1.67. The number of hydrogen-bond acceptors (Lipinski definition) is 2. The number of benzene rings is 1. The van der Waals surface area contributed by atoms with Crippen molar-refractivity contribution in [3.8, 4) is 6.07 Å². The number of para-hydroxylation sites is 1. The fourth-order valence-electron chi connectivity index (χ4n) is 2.09. The van der Waals surface area contributed by atoms with Gasteiger partial charge in [0.25, 0.3) is 0 Å². The molecular formula is C12H10N2O2. The summed E-state index contributed by atoms with van der Waals surface area (Å²) in [5.74, 6) is -0.972. The molecule has 0 fully saturated rings. The zero-order valence-electron chi connectivity index (χ0n) is 8.98. The third kappa shape index (κ3) is 1.18. The largest absolute Gasteiger partial charge is 0.477 e. The second kappa shape index (κ2) is 3.38. The maximum Gasteiger partial charge on any atom is 0.352 e. The predicted octanol–water partition coefficient (Wildman–Crippen LogP) is 2.06. The lowest BCUT2D eigenvalue weighted by Gasteiger charge is -2.00. The van der Waals surface area contributed by atoms with Crippen molar-refractivity contribution >= 4 is 16.9 Å². The van der Waals surface area contributed by atoms with E-state index in [9.17, 15) is 4.79 Å². The lowest BCUT2D eigenvalue weighted by Crippen LogP contribution is -2.06. The molecule has 4 heteroatoms. The number of carboxylic acid groups (broad SMARTS) is 1. The Hall–Kier alpha value is -2.28. The van der Waals surface area contributed by atoms with Crippen molar-refractivity contribution in [2.45, 2.75) is 6.92 Å². The predicted molar refractivity (Wildman–Crippen MR) is 59.3 cm³/mol. The second-order valence-electron chi connectivity index (χ2n) is 3.65. The molecule has 0 amide bonds. The average molecular weight is 214 g/mol. The fraction of sp³-hybridized carbons (Fsp3) is 0.167. The Morgan fingerprint density at radius 1 is 1.50 bits per heavy atom. The van der Waals surface area contributed by atoms with Crippen LogP contribution in [-0.4, -0.2) is 15.6 Å². The van der Waals surface area contributed by atoms with Crippen LogP contribution >= 0.6 is 0 Å². The van der Waals surface area contributed by atoms with Gasteiger partial charge in [0.05, 0.1) is 11.1 Å². The molecule has 16 heavy (non-hydrogen) atoms. The number of nitrogens with zero attached hydrogens (tertiary/aromatic N) is 2. The van der Waals surface area contributed by atoms with E-state index in [4.69, 9.17) is 10.4 Å². The first-order chi connectivity index (χ1) is 7.57. The van der Waals surface area contributed by atoms with Gasteiger partial charge >= 0.3 is 5.97 Å². The molecule has 0 saturated carbocycles. The number of aryl methyl sites for hydroxylation is 2. The zero-order valence-corrected chi connectivity index (χ0v) is 8.98. The number of carbonyl (C=O) groups is 1. The lowest BCUT2D eigenvalue weighted by molar-refractivity contribution is 0.0686. The molecule has 0 atom stereocenters. The summed E-state index contributed by atoms with van der Waals surface area (Å²) in [5, 5.41) is 18.9. The summed E-state index contributed by atoms with van der Waals surface area (Å²) >= 11 is 0. The van der Waals surface area contributed by atoms with Crippen molar-refractivity contribution in [2.24, 2.45) is 7.05 Å². The van der Waals surface area contributed by atoms with Gasteiger partial charge in [-0.3, -0.25) is 0 Å². The van der Waals surface area contributed by atoms with Crippen LogP contribution in [0.2, 0.25) is 0 Å². The first-order valence-corrected chi connectivity index (χ1v) is 4.79. The Labute approximate surface area is 92.3 Å². The lowest BCUT2D eigenvalue weighted by atomic mass is 10.1. The molecule has 1 heterocycles. The van der Waals surface area contributed by atoms with Crippen LogP contribution in [0.5, 0.6) is 0 Å². The summed E-state index contributed by atoms with van der Waals surface area (Å²) < 4.78 is 1.56. The Morgan fingerprint density at radius 2 is 2.19 bits per heavy atom. The molecule has 2 aromatic rings. The fourth-order valence-corrected chi connectivity index (χ4v) is 2.09. The van der Waals surface area contributed by atoms with E-state index in [1.54, 1.807) is 30.7 Å². The van der Waals surface area contributed by atoms with Gasteiger partial charge in [-0.15, -0.1) is 0 Å². The molecule has 80 valence electrons. The van der Waals surface area contributed by atoms with E-state index in [0.717, 1.165) is 5.39 Å². The van der Waals surface area contributed by atoms with Crippen molar-refractivity contribution in [1.82, 2.24) is 4.57 Å². The Kier molecular flexibility index (Phi) is 2.17. The van der Waals surface area contributed by atoms with Crippen LogP contribution in [0.4, 0.5) is 0 Å². The molecule has 0 aliphatic rings. The van der Waals surface area contributed by atoms with Crippen LogP contribution in [0.1, 0.15) is 21.6 Å². The van der Waals surface area contributed by atoms with Crippen molar-refractivity contribution in [3.05, 3.63) is 35.0 Å². The van der Waals surface area contributed by atoms with Crippen molar-refractivity contribution < 1.29 is 9.90 Å². The van der Waals surface area contributed by atoms with E-state index in [-0.39, 0.29) is 5.69 Å². The van der Waals surface area contributed by atoms with Gasteiger partial charge in [0.15, 0.2) is 0 Å². The Bertz CT molecular complexity index is 632. The van der Waals surface area contributed by atoms with Crippen molar-refractivity contribution in [2.75, 3.05) is 0 Å². The van der Waals surface area contributed by atoms with Gasteiger partial charge in [-0.05, 0) is 18.6 Å². The van der Waals surface area contributed by atoms with Gasteiger partial charge in [-0.1, -0.05) is 12.1 Å². The molecule has 2 rings (SSSR count). The molecule has 0 aliphatic carbocycles. The van der Waals surface area contributed by atoms with Gasteiger partial charge in [0, 0.05) is 12.4 Å². The normalized spacial score (nSPS) is 10.3. The highest BCUT2D eigenvalue weighted by Crippen LogP contribution is 2.26. The molecule has 0 unspecified atom stereocenters. The monoisotopic (exact) mass is 214 g/mol. The summed E-state index contributed by atoms with van der Waals surface area (Å²) in [6, 6.07) is 7.36. The number of carboxylic acids is 1. The molecule has 1 aromatic heterocycles. The summed E-state index contributed by atoms with van der Waals surface area (Å²) in [5.41, 5.74) is 2.11. The van der Waals surface area contributed by atoms with Gasteiger partial charge < -0.3 is 9.67 Å². The third-order valence-electron chi connectivity index (χ3n) is 2.79. The first kappa shape index (κ1) is 10.2. The van der Waals surface area contributed by atoms with E-state index < -0.39 is 5.97 Å². The first-order valence-electron chi connectivity index (χ1n) is 4.79. The second-order valence-corrected chi connectivity index (χ2v) is 3.65. The number of nitriles is 1. The Balaban J connectivity index is 3.01. The van der Waals surface area contributed by atoms with Crippen molar-refractivity contribution in [1.29, 1.82) is 5.26 Å². The summed E-state index contributed by atoms with van der Waals surface area (Å²) in [4.78, 5) is 11.1. The molecule has 4 nitrogen and oxygen atoms in total. The smallest absolute Gasteiger partial charge is 0.352 e. The molecule has 1 N–H and O–H groups in total.